The second-order valence-corrected chi connectivity index (χ2v) is 4.43. The molecule has 0 atom stereocenters. The van der Waals surface area contributed by atoms with Crippen molar-refractivity contribution in [2.24, 2.45) is 0 Å². The lowest BCUT2D eigenvalue weighted by atomic mass is 10.1. The van der Waals surface area contributed by atoms with Gasteiger partial charge in [0, 0.05) is 6.42 Å². The van der Waals surface area contributed by atoms with Crippen LogP contribution >= 0.6 is 0 Å². The van der Waals surface area contributed by atoms with E-state index in [9.17, 15) is 15.0 Å². The van der Waals surface area contributed by atoms with Crippen LogP contribution < -0.4 is 4.74 Å². The molecule has 0 saturated carbocycles. The van der Waals surface area contributed by atoms with E-state index in [0.29, 0.717) is 24.2 Å². The summed E-state index contributed by atoms with van der Waals surface area (Å²) in [5.74, 6) is -0.0492. The van der Waals surface area contributed by atoms with Gasteiger partial charge in [-0.05, 0) is 36.6 Å². The van der Waals surface area contributed by atoms with Gasteiger partial charge < -0.3 is 14.9 Å². The fourth-order valence-corrected chi connectivity index (χ4v) is 1.87. The van der Waals surface area contributed by atoms with E-state index >= 15 is 0 Å². The van der Waals surface area contributed by atoms with Crippen LogP contribution in [0.3, 0.4) is 0 Å². The highest BCUT2D eigenvalue weighted by Crippen LogP contribution is 2.29. The van der Waals surface area contributed by atoms with E-state index in [1.807, 2.05) is 6.07 Å². The Bertz CT molecular complexity index is 578. The number of hydrogen-bond donors (Lipinski definition) is 2. The molecule has 2 N–H and O–H groups in total. The number of aromatic hydroxyl groups is 2. The molecule has 0 radical (unpaired) electrons. The fourth-order valence-electron chi connectivity index (χ4n) is 1.87. The zero-order valence-corrected chi connectivity index (χ0v) is 11.0. The van der Waals surface area contributed by atoms with Gasteiger partial charge in [-0.2, -0.15) is 0 Å². The molecular formula is C16H16O4. The Morgan fingerprint density at radius 3 is 2.50 bits per heavy atom. The number of para-hydroxylation sites is 2. The van der Waals surface area contributed by atoms with E-state index in [1.54, 1.807) is 36.4 Å². The van der Waals surface area contributed by atoms with Gasteiger partial charge in [0.2, 0.25) is 0 Å². The Morgan fingerprint density at radius 1 is 1.00 bits per heavy atom. The van der Waals surface area contributed by atoms with Crippen LogP contribution in [0, 0.1) is 0 Å². The predicted octanol–water partition coefficient (Wildman–Crippen LogP) is 3.03. The van der Waals surface area contributed by atoms with Crippen LogP contribution in [-0.2, 0) is 11.2 Å². The average Bonchev–Trinajstić information content (AvgIpc) is 2.44. The number of phenolic OH excluding ortho intramolecular Hbond substituents is 2. The molecule has 0 spiro atoms. The first-order valence-electron chi connectivity index (χ1n) is 6.42. The van der Waals surface area contributed by atoms with Gasteiger partial charge in [0.05, 0.1) is 0 Å². The minimum absolute atomic E-state index is 0.121. The number of carbonyl (C=O) groups is 1. The Hall–Kier alpha value is -2.49. The third-order valence-electron chi connectivity index (χ3n) is 2.90. The Labute approximate surface area is 117 Å². The topological polar surface area (TPSA) is 66.8 Å². The number of aryl methyl sites for hydroxylation is 1. The molecule has 0 aliphatic rings. The second-order valence-electron chi connectivity index (χ2n) is 4.43. The summed E-state index contributed by atoms with van der Waals surface area (Å²) in [5.41, 5.74) is 0.623. The Kier molecular flexibility index (Phi) is 4.60. The zero-order valence-electron chi connectivity index (χ0n) is 11.0. The summed E-state index contributed by atoms with van der Waals surface area (Å²) >= 11 is 0. The third kappa shape index (κ3) is 3.75. The van der Waals surface area contributed by atoms with E-state index in [4.69, 9.17) is 4.74 Å². The number of hydrogen-bond acceptors (Lipinski definition) is 4. The maximum absolute atomic E-state index is 11.6. The lowest BCUT2D eigenvalue weighted by molar-refractivity contribution is -0.134. The molecule has 4 nitrogen and oxygen atoms in total. The van der Waals surface area contributed by atoms with Crippen molar-refractivity contribution in [3.8, 4) is 17.2 Å². The molecule has 2 aromatic carbocycles. The van der Waals surface area contributed by atoms with Crippen LogP contribution in [0.25, 0.3) is 0 Å². The highest BCUT2D eigenvalue weighted by atomic mass is 16.5. The van der Waals surface area contributed by atoms with E-state index in [1.165, 1.54) is 6.07 Å². The summed E-state index contributed by atoms with van der Waals surface area (Å²) in [6.07, 6.45) is 1.30. The van der Waals surface area contributed by atoms with E-state index in [2.05, 4.69) is 0 Å². The number of benzene rings is 2. The van der Waals surface area contributed by atoms with Crippen LogP contribution in [-0.4, -0.2) is 16.2 Å². The van der Waals surface area contributed by atoms with Gasteiger partial charge >= 0.3 is 5.97 Å². The predicted molar refractivity (Wildman–Crippen MR) is 74.8 cm³/mol. The lowest BCUT2D eigenvalue weighted by Gasteiger charge is -2.06. The summed E-state index contributed by atoms with van der Waals surface area (Å²) in [6.45, 7) is 0. The summed E-state index contributed by atoms with van der Waals surface area (Å²) < 4.78 is 5.16. The van der Waals surface area contributed by atoms with Crippen LogP contribution in [0.5, 0.6) is 17.2 Å². The average molecular weight is 272 g/mol. The van der Waals surface area contributed by atoms with Crippen LogP contribution in [0.15, 0.2) is 48.5 Å². The quantitative estimate of drug-likeness (QED) is 0.499. The number of carbonyl (C=O) groups excluding carboxylic acids is 1. The first kappa shape index (κ1) is 13.9. The second kappa shape index (κ2) is 6.61. The number of phenols is 2. The van der Waals surface area contributed by atoms with Crippen molar-refractivity contribution >= 4 is 5.97 Å². The van der Waals surface area contributed by atoms with Gasteiger partial charge in [-0.15, -0.1) is 0 Å². The van der Waals surface area contributed by atoms with Gasteiger partial charge in [0.1, 0.15) is 5.75 Å². The van der Waals surface area contributed by atoms with Crippen molar-refractivity contribution in [2.75, 3.05) is 0 Å². The monoisotopic (exact) mass is 272 g/mol. The largest absolute Gasteiger partial charge is 0.504 e. The number of ether oxygens (including phenoxy) is 1. The van der Waals surface area contributed by atoms with Crippen molar-refractivity contribution in [1.82, 2.24) is 0 Å². The lowest BCUT2D eigenvalue weighted by Crippen LogP contribution is -2.07. The van der Waals surface area contributed by atoms with E-state index < -0.39 is 0 Å². The molecular weight excluding hydrogens is 256 g/mol. The molecule has 0 aliphatic carbocycles. The van der Waals surface area contributed by atoms with Gasteiger partial charge in [0.15, 0.2) is 11.5 Å². The molecule has 2 rings (SSSR count). The summed E-state index contributed by atoms with van der Waals surface area (Å²) in [7, 11) is 0. The smallest absolute Gasteiger partial charge is 0.311 e. The minimum atomic E-state index is -0.309. The van der Waals surface area contributed by atoms with Crippen molar-refractivity contribution in [3.05, 3.63) is 54.1 Å². The zero-order chi connectivity index (χ0) is 14.4. The molecule has 20 heavy (non-hydrogen) atoms. The fraction of sp³-hybridized carbons (Fsp3) is 0.188. The molecule has 4 heteroatoms. The van der Waals surface area contributed by atoms with Crippen LogP contribution in [0.4, 0.5) is 0 Å². The van der Waals surface area contributed by atoms with Crippen molar-refractivity contribution in [1.29, 1.82) is 0 Å². The summed E-state index contributed by atoms with van der Waals surface area (Å²) in [5, 5.41) is 19.0. The van der Waals surface area contributed by atoms with Crippen molar-refractivity contribution in [3.63, 3.8) is 0 Å². The summed E-state index contributed by atoms with van der Waals surface area (Å²) in [4.78, 5) is 11.6. The van der Waals surface area contributed by atoms with E-state index in [-0.39, 0.29) is 23.9 Å². The van der Waals surface area contributed by atoms with Gasteiger partial charge in [-0.25, -0.2) is 0 Å². The van der Waals surface area contributed by atoms with Crippen molar-refractivity contribution in [2.45, 2.75) is 19.3 Å². The highest BCUT2D eigenvalue weighted by Gasteiger charge is 2.08. The Balaban J connectivity index is 1.81. The van der Waals surface area contributed by atoms with Gasteiger partial charge in [-0.3, -0.25) is 4.79 Å². The van der Waals surface area contributed by atoms with Crippen LogP contribution in [0.2, 0.25) is 0 Å². The molecule has 0 heterocycles. The maximum Gasteiger partial charge on any atom is 0.311 e. The molecule has 0 aromatic heterocycles. The number of rotatable bonds is 5. The van der Waals surface area contributed by atoms with Crippen LogP contribution in [0.1, 0.15) is 18.4 Å². The normalized spacial score (nSPS) is 10.2. The SMILES string of the molecule is O=C(CCCc1cccc(O)c1O)Oc1ccccc1. The first-order valence-corrected chi connectivity index (χ1v) is 6.42. The molecule has 0 unspecified atom stereocenters. The molecule has 0 aliphatic heterocycles. The van der Waals surface area contributed by atoms with Gasteiger partial charge in [0.25, 0.3) is 0 Å². The third-order valence-corrected chi connectivity index (χ3v) is 2.90. The highest BCUT2D eigenvalue weighted by molar-refractivity contribution is 5.72. The maximum atomic E-state index is 11.6. The standard InChI is InChI=1S/C16H16O4/c17-14-10-4-6-12(16(14)19)7-5-11-15(18)20-13-8-2-1-3-9-13/h1-4,6,8-10,17,19H,5,7,11H2. The molecule has 0 amide bonds. The van der Waals surface area contributed by atoms with Gasteiger partial charge in [-0.1, -0.05) is 30.3 Å². The molecule has 104 valence electrons. The first-order chi connectivity index (χ1) is 9.66. The molecule has 0 bridgehead atoms. The molecule has 0 saturated heterocycles. The Morgan fingerprint density at radius 2 is 1.75 bits per heavy atom. The minimum Gasteiger partial charge on any atom is -0.504 e. The number of esters is 1. The molecule has 2 aromatic rings. The summed E-state index contributed by atoms with van der Waals surface area (Å²) in [6, 6.07) is 13.7. The van der Waals surface area contributed by atoms with E-state index in [0.717, 1.165) is 0 Å². The molecule has 0 fully saturated rings. The van der Waals surface area contributed by atoms with Crippen molar-refractivity contribution < 1.29 is 19.7 Å².